The third-order valence-corrected chi connectivity index (χ3v) is 6.40. The second-order valence-corrected chi connectivity index (χ2v) is 9.22. The fourth-order valence-corrected chi connectivity index (χ4v) is 4.47. The number of ketones is 1. The third kappa shape index (κ3) is 4.88. The van der Waals surface area contributed by atoms with Gasteiger partial charge >= 0.3 is 0 Å². The van der Waals surface area contributed by atoms with Crippen LogP contribution in [0.15, 0.2) is 66.9 Å². The van der Waals surface area contributed by atoms with Crippen molar-refractivity contribution in [2.45, 2.75) is 13.3 Å². The zero-order valence-corrected chi connectivity index (χ0v) is 18.4. The van der Waals surface area contributed by atoms with Gasteiger partial charge in [-0.2, -0.15) is 0 Å². The molecule has 9 heteroatoms. The second kappa shape index (κ2) is 9.03. The van der Waals surface area contributed by atoms with Crippen LogP contribution in [-0.4, -0.2) is 29.9 Å². The van der Waals surface area contributed by atoms with E-state index in [0.717, 1.165) is 0 Å². The van der Waals surface area contributed by atoms with Crippen molar-refractivity contribution in [3.8, 4) is 11.3 Å². The van der Waals surface area contributed by atoms with Gasteiger partial charge in [-0.25, -0.2) is 22.2 Å². The minimum atomic E-state index is -3.72. The van der Waals surface area contributed by atoms with Gasteiger partial charge in [-0.05, 0) is 61.0 Å². The van der Waals surface area contributed by atoms with Crippen LogP contribution in [0.2, 0.25) is 0 Å². The number of hydrogen-bond acceptors (Lipinski definition) is 5. The van der Waals surface area contributed by atoms with Gasteiger partial charge in [0.1, 0.15) is 5.82 Å². The molecule has 4 aromatic rings. The Morgan fingerprint density at radius 3 is 2.48 bits per heavy atom. The second-order valence-electron chi connectivity index (χ2n) is 7.38. The number of hydrogen-bond donors (Lipinski definition) is 1. The summed E-state index contributed by atoms with van der Waals surface area (Å²) in [7, 11) is -3.72. The molecule has 168 valence electrons. The monoisotopic (exact) mass is 467 g/mol. The molecule has 6 nitrogen and oxygen atoms in total. The lowest BCUT2D eigenvalue weighted by Gasteiger charge is -2.11. The molecule has 1 heterocycles. The first-order valence-corrected chi connectivity index (χ1v) is 11.8. The van der Waals surface area contributed by atoms with Crippen LogP contribution in [-0.2, 0) is 10.0 Å². The van der Waals surface area contributed by atoms with E-state index >= 15 is 4.39 Å². The third-order valence-electron chi connectivity index (χ3n) is 4.93. The van der Waals surface area contributed by atoms with Crippen LogP contribution in [0.4, 0.5) is 14.5 Å². The Balaban J connectivity index is 1.69. The summed E-state index contributed by atoms with van der Waals surface area (Å²) >= 11 is 0. The summed E-state index contributed by atoms with van der Waals surface area (Å²) in [5.41, 5.74) is 1.69. The molecule has 0 saturated heterocycles. The van der Waals surface area contributed by atoms with Gasteiger partial charge in [0.2, 0.25) is 10.0 Å². The fraction of sp³-hybridized carbons (Fsp3) is 0.125. The number of rotatable bonds is 7. The Bertz CT molecular complexity index is 1460. The molecular formula is C24H19F2N3O3S. The lowest BCUT2D eigenvalue weighted by atomic mass is 10.0. The van der Waals surface area contributed by atoms with Gasteiger partial charge in [0, 0.05) is 11.1 Å². The molecule has 0 spiro atoms. The zero-order chi connectivity index (χ0) is 23.6. The molecule has 0 fully saturated rings. The SMILES string of the molecule is CCCS(=O)(=O)Nc1cccc(C(=O)c2ccc3ncc(-c4ccc(F)cc4)nc3c2)c1F. The van der Waals surface area contributed by atoms with Crippen LogP contribution >= 0.6 is 0 Å². The molecule has 33 heavy (non-hydrogen) atoms. The highest BCUT2D eigenvalue weighted by Gasteiger charge is 2.20. The summed E-state index contributed by atoms with van der Waals surface area (Å²) in [6.07, 6.45) is 1.91. The van der Waals surface area contributed by atoms with Crippen molar-refractivity contribution in [1.82, 2.24) is 9.97 Å². The van der Waals surface area contributed by atoms with Crippen LogP contribution in [0, 0.1) is 11.6 Å². The van der Waals surface area contributed by atoms with Crippen LogP contribution in [0.3, 0.4) is 0 Å². The summed E-state index contributed by atoms with van der Waals surface area (Å²) in [4.78, 5) is 21.9. The number of nitrogens with one attached hydrogen (secondary N) is 1. The number of aromatic nitrogens is 2. The highest BCUT2D eigenvalue weighted by Crippen LogP contribution is 2.24. The van der Waals surface area contributed by atoms with Crippen LogP contribution in [0.5, 0.6) is 0 Å². The molecule has 0 radical (unpaired) electrons. The molecule has 0 bridgehead atoms. The molecule has 4 rings (SSSR count). The predicted octanol–water partition coefficient (Wildman–Crippen LogP) is 4.96. The van der Waals surface area contributed by atoms with Gasteiger partial charge in [0.15, 0.2) is 11.6 Å². The predicted molar refractivity (Wildman–Crippen MR) is 122 cm³/mol. The zero-order valence-electron chi connectivity index (χ0n) is 17.5. The standard InChI is InChI=1S/C24H19F2N3O3S/c1-2-12-33(31,32)29-20-5-3-4-18(23(20)26)24(30)16-8-11-19-21(13-16)28-22(14-27-19)15-6-9-17(25)10-7-15/h3-11,13-14,29H,2,12H2,1H3. The number of fused-ring (bicyclic) bond motifs is 1. The smallest absolute Gasteiger partial charge is 0.232 e. The number of halogens is 2. The number of anilines is 1. The molecule has 0 aliphatic carbocycles. The van der Waals surface area contributed by atoms with Gasteiger partial charge in [-0.1, -0.05) is 13.0 Å². The van der Waals surface area contributed by atoms with Gasteiger partial charge in [0.05, 0.1) is 39.9 Å². The molecule has 3 aromatic carbocycles. The quantitative estimate of drug-likeness (QED) is 0.388. The molecule has 0 unspecified atom stereocenters. The van der Waals surface area contributed by atoms with Crippen LogP contribution < -0.4 is 4.72 Å². The maximum absolute atomic E-state index is 15.0. The highest BCUT2D eigenvalue weighted by molar-refractivity contribution is 7.92. The molecule has 0 atom stereocenters. The summed E-state index contributed by atoms with van der Waals surface area (Å²) in [6, 6.07) is 14.3. The van der Waals surface area contributed by atoms with Crippen LogP contribution in [0.25, 0.3) is 22.3 Å². The average Bonchev–Trinajstić information content (AvgIpc) is 2.79. The van der Waals surface area contributed by atoms with Crippen molar-refractivity contribution in [2.24, 2.45) is 0 Å². The van der Waals surface area contributed by atoms with Crippen molar-refractivity contribution < 1.29 is 22.0 Å². The Morgan fingerprint density at radius 1 is 1.00 bits per heavy atom. The van der Waals surface area contributed by atoms with Gasteiger partial charge in [-0.3, -0.25) is 14.5 Å². The highest BCUT2D eigenvalue weighted by atomic mass is 32.2. The fourth-order valence-electron chi connectivity index (χ4n) is 3.34. The van der Waals surface area contributed by atoms with Gasteiger partial charge in [0.25, 0.3) is 0 Å². The molecule has 1 N–H and O–H groups in total. The molecule has 0 aliphatic heterocycles. The number of sulfonamides is 1. The topological polar surface area (TPSA) is 89.0 Å². The van der Waals surface area contributed by atoms with Crippen molar-refractivity contribution >= 4 is 32.5 Å². The minimum absolute atomic E-state index is 0.162. The Hall–Kier alpha value is -3.72. The van der Waals surface area contributed by atoms with Crippen molar-refractivity contribution in [3.05, 3.63) is 89.6 Å². The van der Waals surface area contributed by atoms with E-state index < -0.39 is 21.6 Å². The van der Waals surface area contributed by atoms with Gasteiger partial charge < -0.3 is 0 Å². The van der Waals surface area contributed by atoms with Crippen molar-refractivity contribution in [2.75, 3.05) is 10.5 Å². The molecule has 0 aliphatic rings. The first-order chi connectivity index (χ1) is 15.8. The van der Waals surface area contributed by atoms with E-state index in [9.17, 15) is 17.6 Å². The van der Waals surface area contributed by atoms with E-state index in [-0.39, 0.29) is 28.4 Å². The summed E-state index contributed by atoms with van der Waals surface area (Å²) in [5, 5.41) is 0. The number of carbonyl (C=O) groups excluding carboxylic acids is 1. The molecule has 0 saturated carbocycles. The maximum atomic E-state index is 15.0. The number of benzene rings is 3. The summed E-state index contributed by atoms with van der Waals surface area (Å²) in [5.74, 6) is -2.11. The number of carbonyl (C=O) groups is 1. The van der Waals surface area contributed by atoms with Gasteiger partial charge in [-0.15, -0.1) is 0 Å². The first kappa shape index (κ1) is 22.5. The Morgan fingerprint density at radius 2 is 1.76 bits per heavy atom. The largest absolute Gasteiger partial charge is 0.288 e. The van der Waals surface area contributed by atoms with E-state index in [0.29, 0.717) is 28.7 Å². The van der Waals surface area contributed by atoms with Crippen molar-refractivity contribution in [1.29, 1.82) is 0 Å². The van der Waals surface area contributed by atoms with Crippen molar-refractivity contribution in [3.63, 3.8) is 0 Å². The number of nitrogens with zero attached hydrogens (tertiary/aromatic N) is 2. The maximum Gasteiger partial charge on any atom is 0.232 e. The summed E-state index contributed by atoms with van der Waals surface area (Å²) < 4.78 is 54.4. The average molecular weight is 467 g/mol. The lowest BCUT2D eigenvalue weighted by molar-refractivity contribution is 0.103. The first-order valence-electron chi connectivity index (χ1n) is 10.1. The molecule has 0 amide bonds. The van der Waals surface area contributed by atoms with E-state index in [4.69, 9.17) is 0 Å². The molecular weight excluding hydrogens is 448 g/mol. The van der Waals surface area contributed by atoms with E-state index in [1.807, 2.05) is 0 Å². The minimum Gasteiger partial charge on any atom is -0.288 e. The Labute approximate surface area is 189 Å². The normalized spacial score (nSPS) is 11.5. The Kier molecular flexibility index (Phi) is 6.15. The summed E-state index contributed by atoms with van der Waals surface area (Å²) in [6.45, 7) is 1.69. The van der Waals surface area contributed by atoms with E-state index in [1.165, 1.54) is 42.5 Å². The molecule has 1 aromatic heterocycles. The van der Waals surface area contributed by atoms with Crippen LogP contribution in [0.1, 0.15) is 29.3 Å². The lowest BCUT2D eigenvalue weighted by Crippen LogP contribution is -2.18. The van der Waals surface area contributed by atoms with E-state index in [2.05, 4.69) is 14.7 Å². The van der Waals surface area contributed by atoms with E-state index in [1.54, 1.807) is 31.3 Å².